The molecule has 0 aromatic rings. The van der Waals surface area contributed by atoms with E-state index in [1.807, 2.05) is 0 Å². The van der Waals surface area contributed by atoms with Gasteiger partial charge in [0, 0.05) is 18.0 Å². The lowest BCUT2D eigenvalue weighted by atomic mass is 9.47. The first kappa shape index (κ1) is 22.4. The van der Waals surface area contributed by atoms with E-state index in [1.165, 1.54) is 57.8 Å². The summed E-state index contributed by atoms with van der Waals surface area (Å²) in [5, 5.41) is 25.8. The number of allylic oxidation sites excluding steroid dienone is 1. The standard InChI is InChI=1S/C28H47NO2/c1-26(2,31)25-24(29-19-8-6-5-7-9-19)17-23-21-11-10-18-16-20(30)12-14-27(18,3)22(21)13-15-28(23,25)4/h10,19-25,29-31H,5-9,11-17H2,1-4H3/t20-,21+,22-,23-,24+,25+,27-,28-/m0/s1. The maximum absolute atomic E-state index is 11.4. The molecule has 5 rings (SSSR count). The second-order valence-electron chi connectivity index (χ2n) is 13.2. The molecule has 4 saturated carbocycles. The molecule has 0 unspecified atom stereocenters. The molecule has 0 bridgehead atoms. The number of hydrogen-bond donors (Lipinski definition) is 3. The van der Waals surface area contributed by atoms with Gasteiger partial charge in [-0.2, -0.15) is 0 Å². The van der Waals surface area contributed by atoms with E-state index in [9.17, 15) is 10.2 Å². The first-order valence-corrected chi connectivity index (χ1v) is 13.5. The fraction of sp³-hybridized carbons (Fsp3) is 0.929. The van der Waals surface area contributed by atoms with Gasteiger partial charge in [0.05, 0.1) is 11.7 Å². The molecular weight excluding hydrogens is 382 g/mol. The largest absolute Gasteiger partial charge is 0.393 e. The highest BCUT2D eigenvalue weighted by Crippen LogP contribution is 2.67. The molecule has 8 atom stereocenters. The number of rotatable bonds is 3. The van der Waals surface area contributed by atoms with Gasteiger partial charge in [-0.25, -0.2) is 0 Å². The third kappa shape index (κ3) is 3.66. The molecule has 0 spiro atoms. The molecule has 5 aliphatic carbocycles. The van der Waals surface area contributed by atoms with Gasteiger partial charge in [-0.15, -0.1) is 0 Å². The molecule has 3 heteroatoms. The van der Waals surface area contributed by atoms with Crippen molar-refractivity contribution in [1.82, 2.24) is 5.32 Å². The van der Waals surface area contributed by atoms with E-state index in [1.54, 1.807) is 5.57 Å². The summed E-state index contributed by atoms with van der Waals surface area (Å²) in [6, 6.07) is 1.10. The van der Waals surface area contributed by atoms with Crippen molar-refractivity contribution in [2.24, 2.45) is 34.5 Å². The van der Waals surface area contributed by atoms with Gasteiger partial charge in [0.2, 0.25) is 0 Å². The Hall–Kier alpha value is -0.380. The smallest absolute Gasteiger partial charge is 0.0639 e. The molecule has 0 heterocycles. The lowest BCUT2D eigenvalue weighted by Crippen LogP contribution is -2.55. The van der Waals surface area contributed by atoms with Crippen LogP contribution in [0.15, 0.2) is 11.6 Å². The Morgan fingerprint density at radius 3 is 2.45 bits per heavy atom. The zero-order valence-electron chi connectivity index (χ0n) is 20.5. The molecule has 3 N–H and O–H groups in total. The van der Waals surface area contributed by atoms with E-state index in [0.29, 0.717) is 29.3 Å². The average molecular weight is 430 g/mol. The Balaban J connectivity index is 1.44. The molecule has 0 amide bonds. The average Bonchev–Trinajstić information content (AvgIpc) is 3.01. The Morgan fingerprint density at radius 1 is 1.00 bits per heavy atom. The fourth-order valence-electron chi connectivity index (χ4n) is 9.72. The number of hydrogen-bond acceptors (Lipinski definition) is 3. The monoisotopic (exact) mass is 429 g/mol. The number of nitrogens with one attached hydrogen (secondary N) is 1. The Morgan fingerprint density at radius 2 is 1.74 bits per heavy atom. The minimum absolute atomic E-state index is 0.125. The van der Waals surface area contributed by atoms with E-state index >= 15 is 0 Å². The van der Waals surface area contributed by atoms with E-state index in [-0.39, 0.29) is 11.5 Å². The zero-order valence-corrected chi connectivity index (χ0v) is 20.5. The summed E-state index contributed by atoms with van der Waals surface area (Å²) in [5.41, 5.74) is 1.44. The van der Waals surface area contributed by atoms with Crippen molar-refractivity contribution < 1.29 is 10.2 Å². The van der Waals surface area contributed by atoms with E-state index in [0.717, 1.165) is 31.1 Å². The van der Waals surface area contributed by atoms with Crippen LogP contribution in [0.25, 0.3) is 0 Å². The highest BCUT2D eigenvalue weighted by Gasteiger charge is 2.63. The van der Waals surface area contributed by atoms with Gasteiger partial charge in [-0.3, -0.25) is 0 Å². The van der Waals surface area contributed by atoms with E-state index < -0.39 is 5.60 Å². The lowest BCUT2D eigenvalue weighted by molar-refractivity contribution is -0.0989. The summed E-state index contributed by atoms with van der Waals surface area (Å²) in [6.45, 7) is 9.21. The lowest BCUT2D eigenvalue weighted by Gasteiger charge is -2.58. The molecule has 176 valence electrons. The highest BCUT2D eigenvalue weighted by molar-refractivity contribution is 5.26. The molecule has 0 radical (unpaired) electrons. The predicted octanol–water partition coefficient (Wildman–Crippen LogP) is 5.60. The molecule has 4 fully saturated rings. The van der Waals surface area contributed by atoms with Gasteiger partial charge in [0.1, 0.15) is 0 Å². The summed E-state index contributed by atoms with van der Waals surface area (Å²) < 4.78 is 0. The number of fused-ring (bicyclic) bond motifs is 5. The number of aliphatic hydroxyl groups excluding tert-OH is 1. The van der Waals surface area contributed by atoms with Crippen molar-refractivity contribution >= 4 is 0 Å². The van der Waals surface area contributed by atoms with Crippen LogP contribution in [0.2, 0.25) is 0 Å². The van der Waals surface area contributed by atoms with E-state index in [4.69, 9.17) is 0 Å². The SMILES string of the molecule is CC(C)(O)[C@H]1[C@H](NC2CCCCC2)C[C@H]2[C@@H]3CC=C4C[C@@H](O)CC[C@]4(C)[C@H]3CC[C@]12C. The van der Waals surface area contributed by atoms with Crippen LogP contribution in [-0.2, 0) is 0 Å². The summed E-state index contributed by atoms with van der Waals surface area (Å²) in [7, 11) is 0. The van der Waals surface area contributed by atoms with Crippen LogP contribution in [0, 0.1) is 34.5 Å². The maximum atomic E-state index is 11.4. The molecule has 3 nitrogen and oxygen atoms in total. The van der Waals surface area contributed by atoms with Crippen molar-refractivity contribution in [2.75, 3.05) is 0 Å². The Labute approximate surface area is 190 Å². The Bertz CT molecular complexity index is 704. The second kappa shape index (κ2) is 7.84. The van der Waals surface area contributed by atoms with Crippen molar-refractivity contribution in [3.8, 4) is 0 Å². The summed E-state index contributed by atoms with van der Waals surface area (Å²) in [4.78, 5) is 0. The third-order valence-corrected chi connectivity index (χ3v) is 11.0. The molecule has 5 aliphatic rings. The highest BCUT2D eigenvalue weighted by atomic mass is 16.3. The normalized spacial score (nSPS) is 48.5. The predicted molar refractivity (Wildman–Crippen MR) is 127 cm³/mol. The van der Waals surface area contributed by atoms with E-state index in [2.05, 4.69) is 39.1 Å². The first-order valence-electron chi connectivity index (χ1n) is 13.5. The first-order chi connectivity index (χ1) is 14.6. The van der Waals surface area contributed by atoms with Gasteiger partial charge < -0.3 is 15.5 Å². The van der Waals surface area contributed by atoms with Crippen LogP contribution in [-0.4, -0.2) is 34.0 Å². The molecule has 0 aromatic carbocycles. The summed E-state index contributed by atoms with van der Waals surface area (Å²) in [6.07, 6.45) is 17.2. The second-order valence-corrected chi connectivity index (χ2v) is 13.2. The molecule has 0 saturated heterocycles. The molecule has 0 aromatic heterocycles. The van der Waals surface area contributed by atoms with Crippen molar-refractivity contribution in [1.29, 1.82) is 0 Å². The van der Waals surface area contributed by atoms with Crippen LogP contribution >= 0.6 is 0 Å². The van der Waals surface area contributed by atoms with Gasteiger partial charge in [-0.05, 0) is 100 Å². The van der Waals surface area contributed by atoms with Gasteiger partial charge in [0.25, 0.3) is 0 Å². The Kier molecular flexibility index (Phi) is 5.67. The molecule has 31 heavy (non-hydrogen) atoms. The van der Waals surface area contributed by atoms with Crippen molar-refractivity contribution in [2.45, 2.75) is 129 Å². The van der Waals surface area contributed by atoms with Crippen LogP contribution < -0.4 is 5.32 Å². The van der Waals surface area contributed by atoms with Crippen LogP contribution in [0.1, 0.15) is 105 Å². The fourth-order valence-corrected chi connectivity index (χ4v) is 9.72. The minimum Gasteiger partial charge on any atom is -0.393 e. The molecule has 0 aliphatic heterocycles. The van der Waals surface area contributed by atoms with Gasteiger partial charge in [0.15, 0.2) is 0 Å². The molecular formula is C28H47NO2. The number of aliphatic hydroxyl groups is 2. The summed E-state index contributed by atoms with van der Waals surface area (Å²) >= 11 is 0. The maximum Gasteiger partial charge on any atom is 0.0639 e. The van der Waals surface area contributed by atoms with Crippen LogP contribution in [0.3, 0.4) is 0 Å². The van der Waals surface area contributed by atoms with Gasteiger partial charge >= 0.3 is 0 Å². The van der Waals surface area contributed by atoms with Crippen LogP contribution in [0.5, 0.6) is 0 Å². The van der Waals surface area contributed by atoms with Gasteiger partial charge in [-0.1, -0.05) is 44.8 Å². The third-order valence-electron chi connectivity index (χ3n) is 11.0. The quantitative estimate of drug-likeness (QED) is 0.512. The van der Waals surface area contributed by atoms with Crippen LogP contribution in [0.4, 0.5) is 0 Å². The summed E-state index contributed by atoms with van der Waals surface area (Å²) in [5.74, 6) is 2.53. The zero-order chi connectivity index (χ0) is 22.0. The topological polar surface area (TPSA) is 52.5 Å². The van der Waals surface area contributed by atoms with Crippen molar-refractivity contribution in [3.05, 3.63) is 11.6 Å². The minimum atomic E-state index is -0.642. The van der Waals surface area contributed by atoms with Crippen molar-refractivity contribution in [3.63, 3.8) is 0 Å².